The van der Waals surface area contributed by atoms with Gasteiger partial charge in [0.05, 0.1) is 11.9 Å². The lowest BCUT2D eigenvalue weighted by Crippen LogP contribution is -2.32. The molecule has 0 aromatic heterocycles. The van der Waals surface area contributed by atoms with Crippen LogP contribution in [0.15, 0.2) is 42.5 Å². The zero-order valence-corrected chi connectivity index (χ0v) is 17.4. The molecule has 9 heteroatoms. The van der Waals surface area contributed by atoms with Crippen LogP contribution in [0.25, 0.3) is 0 Å². The Kier molecular flexibility index (Phi) is 6.17. The Morgan fingerprint density at radius 3 is 2.41 bits per heavy atom. The van der Waals surface area contributed by atoms with Gasteiger partial charge in [-0.25, -0.2) is 8.42 Å². The van der Waals surface area contributed by atoms with Crippen molar-refractivity contribution in [3.8, 4) is 17.2 Å². The van der Waals surface area contributed by atoms with E-state index in [9.17, 15) is 13.2 Å². The third-order valence-corrected chi connectivity index (χ3v) is 5.65. The number of hydrogen-bond acceptors (Lipinski definition) is 6. The number of ether oxygens (including phenoxy) is 3. The summed E-state index contributed by atoms with van der Waals surface area (Å²) in [4.78, 5) is 12.6. The number of carbonyl (C=O) groups excluding carboxylic acids is 1. The largest absolute Gasteiger partial charge is 0.486 e. The molecule has 1 N–H and O–H groups in total. The minimum absolute atomic E-state index is 0.290. The monoisotopic (exact) mass is 420 g/mol. The van der Waals surface area contributed by atoms with Crippen LogP contribution in [-0.2, 0) is 14.8 Å². The standard InChI is InChI=1S/C20H24N2O6S/c1-4-17(28-16-8-6-15(7-9-16)22(2)29(3,24)25)20(23)21-14-5-10-18-19(13-14)27-12-11-26-18/h5-10,13,17H,4,11-12H2,1-3H3,(H,21,23)/t17-/m1/s1. The number of amides is 1. The van der Waals surface area contributed by atoms with Gasteiger partial charge in [0.15, 0.2) is 17.6 Å². The van der Waals surface area contributed by atoms with Gasteiger partial charge in [0, 0.05) is 18.8 Å². The second-order valence-corrected chi connectivity index (χ2v) is 8.60. The molecule has 1 amide bonds. The van der Waals surface area contributed by atoms with E-state index in [1.54, 1.807) is 42.5 Å². The molecule has 2 aromatic rings. The highest BCUT2D eigenvalue weighted by Crippen LogP contribution is 2.32. The van der Waals surface area contributed by atoms with Crippen molar-refractivity contribution in [2.75, 3.05) is 36.1 Å². The molecule has 0 bridgehead atoms. The van der Waals surface area contributed by atoms with Crippen LogP contribution in [0.3, 0.4) is 0 Å². The summed E-state index contributed by atoms with van der Waals surface area (Å²) < 4.78 is 41.2. The fourth-order valence-electron chi connectivity index (χ4n) is 2.76. The molecular weight excluding hydrogens is 396 g/mol. The number of nitrogens with zero attached hydrogens (tertiary/aromatic N) is 1. The van der Waals surface area contributed by atoms with Gasteiger partial charge in [-0.15, -0.1) is 0 Å². The van der Waals surface area contributed by atoms with Crippen molar-refractivity contribution in [1.82, 2.24) is 0 Å². The van der Waals surface area contributed by atoms with E-state index < -0.39 is 16.1 Å². The molecule has 2 aromatic carbocycles. The third kappa shape index (κ3) is 5.11. The Balaban J connectivity index is 1.65. The van der Waals surface area contributed by atoms with Crippen molar-refractivity contribution in [1.29, 1.82) is 0 Å². The summed E-state index contributed by atoms with van der Waals surface area (Å²) in [6.45, 7) is 2.82. The molecule has 0 aliphatic carbocycles. The molecule has 1 heterocycles. The molecule has 0 saturated heterocycles. The van der Waals surface area contributed by atoms with E-state index in [0.29, 0.717) is 48.3 Å². The van der Waals surface area contributed by atoms with Gasteiger partial charge in [-0.1, -0.05) is 6.92 Å². The highest BCUT2D eigenvalue weighted by molar-refractivity contribution is 7.92. The topological polar surface area (TPSA) is 94.2 Å². The Labute approximate surface area is 170 Å². The molecule has 0 radical (unpaired) electrons. The number of sulfonamides is 1. The quantitative estimate of drug-likeness (QED) is 0.740. The summed E-state index contributed by atoms with van der Waals surface area (Å²) in [6, 6.07) is 11.7. The van der Waals surface area contributed by atoms with E-state index >= 15 is 0 Å². The van der Waals surface area contributed by atoms with Gasteiger partial charge in [0.2, 0.25) is 10.0 Å². The first-order valence-electron chi connectivity index (χ1n) is 9.19. The molecule has 156 valence electrons. The first kappa shape index (κ1) is 20.8. The van der Waals surface area contributed by atoms with E-state index in [0.717, 1.165) is 6.26 Å². The molecule has 29 heavy (non-hydrogen) atoms. The minimum atomic E-state index is -3.34. The van der Waals surface area contributed by atoms with Gasteiger partial charge in [-0.2, -0.15) is 0 Å². The van der Waals surface area contributed by atoms with E-state index in [1.807, 2.05) is 6.92 Å². The Morgan fingerprint density at radius 1 is 1.14 bits per heavy atom. The minimum Gasteiger partial charge on any atom is -0.486 e. The van der Waals surface area contributed by atoms with Crippen LogP contribution in [0.1, 0.15) is 13.3 Å². The number of anilines is 2. The van der Waals surface area contributed by atoms with Crippen molar-refractivity contribution in [2.24, 2.45) is 0 Å². The van der Waals surface area contributed by atoms with Crippen LogP contribution in [0, 0.1) is 0 Å². The normalized spacial score (nSPS) is 14.0. The summed E-state index contributed by atoms with van der Waals surface area (Å²) in [5.74, 6) is 1.42. The molecule has 0 spiro atoms. The van der Waals surface area contributed by atoms with Gasteiger partial charge >= 0.3 is 0 Å². The summed E-state index contributed by atoms with van der Waals surface area (Å²) in [5, 5.41) is 2.83. The summed E-state index contributed by atoms with van der Waals surface area (Å²) in [5.41, 5.74) is 1.10. The van der Waals surface area contributed by atoms with Crippen molar-refractivity contribution in [3.63, 3.8) is 0 Å². The van der Waals surface area contributed by atoms with Crippen LogP contribution in [0.2, 0.25) is 0 Å². The Morgan fingerprint density at radius 2 is 1.79 bits per heavy atom. The predicted molar refractivity (Wildman–Crippen MR) is 110 cm³/mol. The highest BCUT2D eigenvalue weighted by atomic mass is 32.2. The maximum atomic E-state index is 12.6. The molecular formula is C20H24N2O6S. The molecule has 0 saturated carbocycles. The number of carbonyl (C=O) groups is 1. The zero-order valence-electron chi connectivity index (χ0n) is 16.5. The lowest BCUT2D eigenvalue weighted by molar-refractivity contribution is -0.122. The van der Waals surface area contributed by atoms with Gasteiger partial charge in [-0.05, 0) is 42.8 Å². The van der Waals surface area contributed by atoms with Crippen molar-refractivity contribution < 1.29 is 27.4 Å². The maximum Gasteiger partial charge on any atom is 0.265 e. The maximum absolute atomic E-state index is 12.6. The van der Waals surface area contributed by atoms with Crippen LogP contribution in [0.5, 0.6) is 17.2 Å². The number of benzene rings is 2. The van der Waals surface area contributed by atoms with E-state index in [1.165, 1.54) is 11.4 Å². The fourth-order valence-corrected chi connectivity index (χ4v) is 3.26. The van der Waals surface area contributed by atoms with Crippen LogP contribution in [0.4, 0.5) is 11.4 Å². The molecule has 0 unspecified atom stereocenters. The van der Waals surface area contributed by atoms with Crippen molar-refractivity contribution in [2.45, 2.75) is 19.4 Å². The van der Waals surface area contributed by atoms with E-state index in [2.05, 4.69) is 5.32 Å². The average molecular weight is 420 g/mol. The molecule has 1 aliphatic heterocycles. The van der Waals surface area contributed by atoms with Gasteiger partial charge < -0.3 is 19.5 Å². The van der Waals surface area contributed by atoms with Crippen LogP contribution < -0.4 is 23.8 Å². The molecule has 8 nitrogen and oxygen atoms in total. The van der Waals surface area contributed by atoms with E-state index in [-0.39, 0.29) is 5.91 Å². The number of rotatable bonds is 7. The first-order valence-corrected chi connectivity index (χ1v) is 11.0. The highest BCUT2D eigenvalue weighted by Gasteiger charge is 2.20. The number of hydrogen-bond donors (Lipinski definition) is 1. The smallest absolute Gasteiger partial charge is 0.265 e. The fraction of sp³-hybridized carbons (Fsp3) is 0.350. The molecule has 3 rings (SSSR count). The lowest BCUT2D eigenvalue weighted by Gasteiger charge is -2.21. The number of fused-ring (bicyclic) bond motifs is 1. The van der Waals surface area contributed by atoms with Gasteiger partial charge in [0.1, 0.15) is 19.0 Å². The first-order chi connectivity index (χ1) is 13.8. The van der Waals surface area contributed by atoms with Crippen LogP contribution >= 0.6 is 0 Å². The van der Waals surface area contributed by atoms with Gasteiger partial charge in [-0.3, -0.25) is 9.10 Å². The van der Waals surface area contributed by atoms with E-state index in [4.69, 9.17) is 14.2 Å². The molecule has 0 fully saturated rings. The molecule has 1 atom stereocenters. The van der Waals surface area contributed by atoms with Crippen LogP contribution in [-0.4, -0.2) is 46.9 Å². The van der Waals surface area contributed by atoms with Crippen molar-refractivity contribution in [3.05, 3.63) is 42.5 Å². The van der Waals surface area contributed by atoms with Crippen molar-refractivity contribution >= 4 is 27.3 Å². The predicted octanol–water partition coefficient (Wildman–Crippen LogP) is 2.65. The Hall–Kier alpha value is -2.94. The second kappa shape index (κ2) is 8.60. The average Bonchev–Trinajstić information content (AvgIpc) is 2.71. The third-order valence-electron chi connectivity index (χ3n) is 4.45. The lowest BCUT2D eigenvalue weighted by atomic mass is 10.2. The summed E-state index contributed by atoms with van der Waals surface area (Å²) in [6.07, 6.45) is 0.885. The summed E-state index contributed by atoms with van der Waals surface area (Å²) in [7, 11) is -1.87. The Bertz CT molecular complexity index is 975. The summed E-state index contributed by atoms with van der Waals surface area (Å²) >= 11 is 0. The molecule has 1 aliphatic rings. The number of nitrogens with one attached hydrogen (secondary N) is 1. The SMILES string of the molecule is CC[C@@H](Oc1ccc(N(C)S(C)(=O)=O)cc1)C(=O)Nc1ccc2c(c1)OCCO2. The second-order valence-electron chi connectivity index (χ2n) is 6.59. The van der Waals surface area contributed by atoms with Gasteiger partial charge in [0.25, 0.3) is 5.91 Å². The zero-order chi connectivity index (χ0) is 21.0.